The molecule has 2 aromatic heterocycles. The first-order chi connectivity index (χ1) is 17.5. The first-order valence-corrected chi connectivity index (χ1v) is 13.4. The minimum absolute atomic E-state index is 0.0867. The first kappa shape index (κ1) is 28.3. The van der Waals surface area contributed by atoms with Crippen molar-refractivity contribution in [2.75, 3.05) is 5.32 Å². The normalized spacial score (nSPS) is 13.0. The zero-order valence-electron chi connectivity index (χ0n) is 21.0. The number of carboxylic acids is 1. The van der Waals surface area contributed by atoms with Gasteiger partial charge >= 0.3 is 5.97 Å². The van der Waals surface area contributed by atoms with Crippen molar-refractivity contribution in [2.24, 2.45) is 5.41 Å². The third kappa shape index (κ3) is 7.37. The Morgan fingerprint density at radius 2 is 1.78 bits per heavy atom. The number of aromatic nitrogens is 2. The molecule has 9 nitrogen and oxygen atoms in total. The monoisotopic (exact) mass is 542 g/mol. The number of nitrogens with zero attached hydrogens (tertiary/aromatic N) is 2. The molecule has 0 unspecified atom stereocenters. The van der Waals surface area contributed by atoms with Crippen molar-refractivity contribution in [2.45, 2.75) is 62.6 Å². The van der Waals surface area contributed by atoms with Gasteiger partial charge in [-0.05, 0) is 36.1 Å². The molecule has 2 amide bonds. The second kappa shape index (κ2) is 12.3. The Morgan fingerprint density at radius 1 is 1.08 bits per heavy atom. The minimum atomic E-state index is -1.30. The van der Waals surface area contributed by atoms with Gasteiger partial charge in [0.1, 0.15) is 17.2 Å². The number of carboxylic acid groups (broad SMARTS) is 1. The smallest absolute Gasteiger partial charge is 0.356 e. The molecule has 0 saturated carbocycles. The van der Waals surface area contributed by atoms with Crippen molar-refractivity contribution in [1.29, 1.82) is 0 Å². The van der Waals surface area contributed by atoms with Gasteiger partial charge in [0.05, 0.1) is 4.88 Å². The molecule has 0 aliphatic heterocycles. The summed E-state index contributed by atoms with van der Waals surface area (Å²) in [6, 6.07) is 12.1. The summed E-state index contributed by atoms with van der Waals surface area (Å²) < 4.78 is 0. The maximum Gasteiger partial charge on any atom is 0.356 e. The van der Waals surface area contributed by atoms with E-state index in [0.717, 1.165) is 16.2 Å². The summed E-state index contributed by atoms with van der Waals surface area (Å²) in [5, 5.41) is 26.0. The van der Waals surface area contributed by atoms with Crippen LogP contribution >= 0.6 is 23.1 Å². The number of anilines is 1. The van der Waals surface area contributed by atoms with Crippen LogP contribution in [0.2, 0.25) is 0 Å². The molecule has 0 aliphatic carbocycles. The molecule has 0 aliphatic rings. The molecule has 37 heavy (non-hydrogen) atoms. The van der Waals surface area contributed by atoms with E-state index < -0.39 is 35.3 Å². The highest BCUT2D eigenvalue weighted by molar-refractivity contribution is 7.99. The molecule has 0 fully saturated rings. The predicted octanol–water partition coefficient (Wildman–Crippen LogP) is 4.68. The van der Waals surface area contributed by atoms with E-state index in [-0.39, 0.29) is 10.8 Å². The molecule has 196 valence electrons. The van der Waals surface area contributed by atoms with E-state index in [1.54, 1.807) is 39.1 Å². The summed E-state index contributed by atoms with van der Waals surface area (Å²) in [6.07, 6.45) is 1.27. The largest absolute Gasteiger partial charge is 0.476 e. The SMILES string of the molecule is CCC[C@H](NC(=O)[C@@H](O)C(C)(C)C)C(=O)Nc1nc(C(=O)O)c(-c2cccnc2Sc2ccccc2)s1. The van der Waals surface area contributed by atoms with Crippen LogP contribution in [0.1, 0.15) is 51.0 Å². The number of hydrogen-bond donors (Lipinski definition) is 4. The number of aliphatic hydroxyl groups excluding tert-OH is 1. The summed E-state index contributed by atoms with van der Waals surface area (Å²) in [6.45, 7) is 7.03. The van der Waals surface area contributed by atoms with Gasteiger partial charge in [0, 0.05) is 16.7 Å². The molecule has 3 rings (SSSR count). The Bertz CT molecular complexity index is 1260. The van der Waals surface area contributed by atoms with Crippen LogP contribution in [0.25, 0.3) is 10.4 Å². The molecule has 3 aromatic rings. The van der Waals surface area contributed by atoms with Gasteiger partial charge in [-0.3, -0.25) is 9.59 Å². The van der Waals surface area contributed by atoms with Crippen LogP contribution in [0.15, 0.2) is 58.6 Å². The third-order valence-electron chi connectivity index (χ3n) is 5.31. The second-order valence-electron chi connectivity index (χ2n) is 9.38. The molecule has 11 heteroatoms. The van der Waals surface area contributed by atoms with Crippen molar-refractivity contribution < 1.29 is 24.6 Å². The molecule has 1 aromatic carbocycles. The van der Waals surface area contributed by atoms with Gasteiger partial charge in [-0.1, -0.05) is 75.4 Å². The average Bonchev–Trinajstić information content (AvgIpc) is 3.27. The van der Waals surface area contributed by atoms with Crippen LogP contribution in [0.4, 0.5) is 5.13 Å². The lowest BCUT2D eigenvalue weighted by molar-refractivity contribution is -0.137. The van der Waals surface area contributed by atoms with Crippen molar-refractivity contribution in [1.82, 2.24) is 15.3 Å². The summed E-state index contributed by atoms with van der Waals surface area (Å²) in [5.74, 6) is -2.43. The van der Waals surface area contributed by atoms with Gasteiger partial charge in [0.15, 0.2) is 10.8 Å². The minimum Gasteiger partial charge on any atom is -0.476 e. The molecule has 2 atom stereocenters. The second-order valence-corrected chi connectivity index (χ2v) is 11.4. The fourth-order valence-corrected chi connectivity index (χ4v) is 5.30. The summed E-state index contributed by atoms with van der Waals surface area (Å²) in [5.41, 5.74) is -0.321. The summed E-state index contributed by atoms with van der Waals surface area (Å²) >= 11 is 2.41. The topological polar surface area (TPSA) is 142 Å². The van der Waals surface area contributed by atoms with E-state index in [0.29, 0.717) is 28.3 Å². The molecule has 2 heterocycles. The number of hydrogen-bond acceptors (Lipinski definition) is 8. The maximum atomic E-state index is 13.0. The van der Waals surface area contributed by atoms with E-state index >= 15 is 0 Å². The van der Waals surface area contributed by atoms with Crippen LogP contribution in [-0.2, 0) is 9.59 Å². The number of thiazole rings is 1. The van der Waals surface area contributed by atoms with Gasteiger partial charge < -0.3 is 20.8 Å². The average molecular weight is 543 g/mol. The fourth-order valence-electron chi connectivity index (χ4n) is 3.34. The van der Waals surface area contributed by atoms with E-state index in [2.05, 4.69) is 20.6 Å². The zero-order valence-corrected chi connectivity index (χ0v) is 22.7. The lowest BCUT2D eigenvalue weighted by atomic mass is 9.88. The third-order valence-corrected chi connectivity index (χ3v) is 7.34. The number of amides is 2. The molecular weight excluding hydrogens is 512 g/mol. The van der Waals surface area contributed by atoms with Crippen LogP contribution in [0.3, 0.4) is 0 Å². The molecule has 0 radical (unpaired) electrons. The first-order valence-electron chi connectivity index (χ1n) is 11.7. The van der Waals surface area contributed by atoms with Gasteiger partial charge in [-0.2, -0.15) is 0 Å². The highest BCUT2D eigenvalue weighted by atomic mass is 32.2. The maximum absolute atomic E-state index is 13.0. The number of carbonyl (C=O) groups is 3. The van der Waals surface area contributed by atoms with Crippen molar-refractivity contribution in [3.05, 3.63) is 54.4 Å². The van der Waals surface area contributed by atoms with E-state index in [1.165, 1.54) is 11.8 Å². The lowest BCUT2D eigenvalue weighted by Gasteiger charge is -2.26. The van der Waals surface area contributed by atoms with Gasteiger partial charge in [-0.25, -0.2) is 14.8 Å². The Balaban J connectivity index is 1.87. The lowest BCUT2D eigenvalue weighted by Crippen LogP contribution is -2.50. The Morgan fingerprint density at radius 3 is 2.41 bits per heavy atom. The highest BCUT2D eigenvalue weighted by Crippen LogP contribution is 2.40. The number of pyridine rings is 1. The van der Waals surface area contributed by atoms with Crippen LogP contribution in [0, 0.1) is 5.41 Å². The predicted molar refractivity (Wildman–Crippen MR) is 144 cm³/mol. The fraction of sp³-hybridized carbons (Fsp3) is 0.346. The zero-order chi connectivity index (χ0) is 27.2. The Kier molecular flexibility index (Phi) is 9.41. The number of carbonyl (C=O) groups excluding carboxylic acids is 2. The van der Waals surface area contributed by atoms with Crippen molar-refractivity contribution in [3.8, 4) is 10.4 Å². The molecule has 0 bridgehead atoms. The van der Waals surface area contributed by atoms with Crippen molar-refractivity contribution in [3.63, 3.8) is 0 Å². The van der Waals surface area contributed by atoms with E-state index in [9.17, 15) is 24.6 Å². The molecule has 0 saturated heterocycles. The number of aliphatic hydroxyl groups is 1. The Hall–Kier alpha value is -3.28. The number of nitrogens with one attached hydrogen (secondary N) is 2. The van der Waals surface area contributed by atoms with Gasteiger partial charge in [-0.15, -0.1) is 0 Å². The standard InChI is InChI=1S/C26H30N4O5S2/c1-5-10-17(28-22(33)20(31)26(2,3)4)21(32)30-25-29-18(24(34)35)19(37-25)16-13-9-14-27-23(16)36-15-11-7-6-8-12-15/h6-9,11-14,17,20,31H,5,10H2,1-4H3,(H,28,33)(H,34,35)(H,29,30,32)/t17-,20+/m0/s1. The molecule has 0 spiro atoms. The summed E-state index contributed by atoms with van der Waals surface area (Å²) in [4.78, 5) is 47.5. The van der Waals surface area contributed by atoms with Crippen LogP contribution < -0.4 is 10.6 Å². The highest BCUT2D eigenvalue weighted by Gasteiger charge is 2.32. The van der Waals surface area contributed by atoms with E-state index in [4.69, 9.17) is 0 Å². The molecular formula is C26H30N4O5S2. The number of rotatable bonds is 10. The van der Waals surface area contributed by atoms with Crippen molar-refractivity contribution >= 4 is 46.0 Å². The summed E-state index contributed by atoms with van der Waals surface area (Å²) in [7, 11) is 0. The van der Waals surface area contributed by atoms with E-state index in [1.807, 2.05) is 37.3 Å². The number of aromatic carboxylic acids is 1. The van der Waals surface area contributed by atoms with Gasteiger partial charge in [0.25, 0.3) is 0 Å². The quantitative estimate of drug-likeness (QED) is 0.289. The van der Waals surface area contributed by atoms with Gasteiger partial charge in [0.2, 0.25) is 11.8 Å². The Labute approximate surface area is 223 Å². The van der Waals surface area contributed by atoms with Crippen LogP contribution in [0.5, 0.6) is 0 Å². The number of benzene rings is 1. The molecule has 4 N–H and O–H groups in total. The van der Waals surface area contributed by atoms with Crippen LogP contribution in [-0.4, -0.2) is 50.1 Å².